The molecule has 2 N–H and O–H groups in total. The molecule has 1 amide bonds. The van der Waals surface area contributed by atoms with Gasteiger partial charge in [0.25, 0.3) is 5.91 Å². The molecule has 0 spiro atoms. The Balaban J connectivity index is 2.09. The van der Waals surface area contributed by atoms with Gasteiger partial charge in [-0.2, -0.15) is 0 Å². The van der Waals surface area contributed by atoms with Gasteiger partial charge in [0, 0.05) is 11.3 Å². The Morgan fingerprint density at radius 2 is 1.75 bits per heavy atom. The maximum absolute atomic E-state index is 12.5. The van der Waals surface area contributed by atoms with Crippen LogP contribution in [-0.4, -0.2) is 35.1 Å². The summed E-state index contributed by atoms with van der Waals surface area (Å²) < 4.78 is 36.8. The van der Waals surface area contributed by atoms with Crippen LogP contribution in [0.1, 0.15) is 30.6 Å². The molecule has 152 valence electrons. The van der Waals surface area contributed by atoms with Crippen molar-refractivity contribution in [3.63, 3.8) is 0 Å². The fourth-order valence-corrected chi connectivity index (χ4v) is 3.10. The van der Waals surface area contributed by atoms with Gasteiger partial charge < -0.3 is 14.8 Å². The summed E-state index contributed by atoms with van der Waals surface area (Å²) in [7, 11) is -0.653. The minimum atomic E-state index is -3.52. The van der Waals surface area contributed by atoms with Crippen molar-refractivity contribution < 1.29 is 22.7 Å². The van der Waals surface area contributed by atoms with Crippen LogP contribution in [0.5, 0.6) is 11.5 Å². The Morgan fingerprint density at radius 1 is 1.07 bits per heavy atom. The molecule has 2 aromatic rings. The molecule has 0 aliphatic heterocycles. The van der Waals surface area contributed by atoms with Crippen LogP contribution >= 0.6 is 0 Å². The van der Waals surface area contributed by atoms with Crippen molar-refractivity contribution in [1.82, 2.24) is 4.72 Å². The van der Waals surface area contributed by atoms with Crippen molar-refractivity contribution in [2.75, 3.05) is 26.1 Å². The van der Waals surface area contributed by atoms with Crippen LogP contribution in [0.2, 0.25) is 0 Å². The van der Waals surface area contributed by atoms with Crippen molar-refractivity contribution in [2.45, 2.75) is 25.2 Å². The highest BCUT2D eigenvalue weighted by Crippen LogP contribution is 2.29. The lowest BCUT2D eigenvalue weighted by Crippen LogP contribution is -2.18. The number of nitrogens with one attached hydrogen (secondary N) is 2. The molecule has 2 aromatic carbocycles. The molecular formula is C20H26N2O5S. The fraction of sp³-hybridized carbons (Fsp3) is 0.350. The second kappa shape index (κ2) is 9.57. The number of methoxy groups -OCH3 is 1. The zero-order valence-corrected chi connectivity index (χ0v) is 17.3. The highest BCUT2D eigenvalue weighted by atomic mass is 32.2. The van der Waals surface area contributed by atoms with E-state index >= 15 is 0 Å². The van der Waals surface area contributed by atoms with Crippen molar-refractivity contribution in [3.8, 4) is 11.5 Å². The van der Waals surface area contributed by atoms with Gasteiger partial charge in [0.1, 0.15) is 0 Å². The first-order valence-electron chi connectivity index (χ1n) is 8.92. The minimum Gasteiger partial charge on any atom is -0.493 e. The maximum Gasteiger partial charge on any atom is 0.255 e. The van der Waals surface area contributed by atoms with Gasteiger partial charge in [-0.15, -0.1) is 0 Å². The van der Waals surface area contributed by atoms with Crippen LogP contribution in [0.25, 0.3) is 0 Å². The third-order valence-corrected chi connectivity index (χ3v) is 5.50. The number of benzene rings is 2. The first kappa shape index (κ1) is 21.7. The van der Waals surface area contributed by atoms with Crippen molar-refractivity contribution >= 4 is 21.6 Å². The molecule has 2 rings (SSSR count). The van der Waals surface area contributed by atoms with Crippen molar-refractivity contribution in [3.05, 3.63) is 48.0 Å². The van der Waals surface area contributed by atoms with E-state index < -0.39 is 10.0 Å². The second-order valence-electron chi connectivity index (χ2n) is 6.58. The number of anilines is 1. The zero-order chi connectivity index (χ0) is 20.7. The standard InChI is InChI=1S/C20H26N2O5S/c1-14(2)11-12-27-18-10-5-15(13-19(18)26-4)20(23)22-16-6-8-17(9-7-16)28(24,25)21-3/h5-10,13-14,21H,11-12H2,1-4H3,(H,22,23). The van der Waals surface area contributed by atoms with Crippen molar-refractivity contribution in [1.29, 1.82) is 0 Å². The van der Waals surface area contributed by atoms with Gasteiger partial charge in [0.2, 0.25) is 10.0 Å². The van der Waals surface area contributed by atoms with Gasteiger partial charge in [-0.05, 0) is 61.9 Å². The molecule has 0 bridgehead atoms. The zero-order valence-electron chi connectivity index (χ0n) is 16.5. The molecule has 28 heavy (non-hydrogen) atoms. The summed E-state index contributed by atoms with van der Waals surface area (Å²) in [5, 5.41) is 2.73. The summed E-state index contributed by atoms with van der Waals surface area (Å²) in [6.45, 7) is 4.81. The first-order chi connectivity index (χ1) is 13.3. The van der Waals surface area contributed by atoms with Crippen LogP contribution < -0.4 is 19.5 Å². The summed E-state index contributed by atoms with van der Waals surface area (Å²) in [6.07, 6.45) is 0.921. The summed E-state index contributed by atoms with van der Waals surface area (Å²) in [4.78, 5) is 12.6. The molecule has 0 atom stereocenters. The van der Waals surface area contributed by atoms with E-state index in [1.54, 1.807) is 18.2 Å². The molecule has 7 nitrogen and oxygen atoms in total. The van der Waals surface area contributed by atoms with Crippen LogP contribution in [0.4, 0.5) is 5.69 Å². The Kier molecular flexibility index (Phi) is 7.42. The third-order valence-electron chi connectivity index (χ3n) is 4.07. The minimum absolute atomic E-state index is 0.123. The van der Waals surface area contributed by atoms with E-state index in [1.165, 1.54) is 38.4 Å². The molecule has 0 aliphatic rings. The van der Waals surface area contributed by atoms with E-state index in [0.29, 0.717) is 35.3 Å². The molecule has 0 aliphatic carbocycles. The number of amides is 1. The number of carbonyl (C=O) groups is 1. The van der Waals surface area contributed by atoms with Crippen LogP contribution in [0.3, 0.4) is 0 Å². The Hall–Kier alpha value is -2.58. The average molecular weight is 407 g/mol. The van der Waals surface area contributed by atoms with E-state index in [-0.39, 0.29) is 10.8 Å². The topological polar surface area (TPSA) is 93.7 Å². The number of rotatable bonds is 9. The van der Waals surface area contributed by atoms with Crippen LogP contribution in [0, 0.1) is 5.92 Å². The number of hydrogen-bond donors (Lipinski definition) is 2. The largest absolute Gasteiger partial charge is 0.493 e. The van der Waals surface area contributed by atoms with Gasteiger partial charge in [-0.1, -0.05) is 13.8 Å². The van der Waals surface area contributed by atoms with Gasteiger partial charge in [-0.25, -0.2) is 13.1 Å². The molecule has 0 fully saturated rings. The smallest absolute Gasteiger partial charge is 0.255 e. The lowest BCUT2D eigenvalue weighted by molar-refractivity contribution is 0.102. The van der Waals surface area contributed by atoms with Crippen LogP contribution in [0.15, 0.2) is 47.4 Å². The summed E-state index contributed by atoms with van der Waals surface area (Å²) in [5.41, 5.74) is 0.885. The molecule has 0 heterocycles. The lowest BCUT2D eigenvalue weighted by atomic mass is 10.1. The van der Waals surface area contributed by atoms with E-state index in [9.17, 15) is 13.2 Å². The highest BCUT2D eigenvalue weighted by Gasteiger charge is 2.14. The Morgan fingerprint density at radius 3 is 2.32 bits per heavy atom. The fourth-order valence-electron chi connectivity index (χ4n) is 2.37. The maximum atomic E-state index is 12.5. The summed E-state index contributed by atoms with van der Waals surface area (Å²) in [6, 6.07) is 10.9. The average Bonchev–Trinajstić information content (AvgIpc) is 2.68. The monoisotopic (exact) mass is 406 g/mol. The number of sulfonamides is 1. The van der Waals surface area contributed by atoms with E-state index in [2.05, 4.69) is 23.9 Å². The quantitative estimate of drug-likeness (QED) is 0.667. The predicted molar refractivity (Wildman–Crippen MR) is 109 cm³/mol. The van der Waals surface area contributed by atoms with Gasteiger partial charge in [0.15, 0.2) is 11.5 Å². The van der Waals surface area contributed by atoms with Crippen LogP contribution in [-0.2, 0) is 10.0 Å². The Labute approximate surface area is 166 Å². The molecular weight excluding hydrogens is 380 g/mol. The van der Waals surface area contributed by atoms with E-state index in [4.69, 9.17) is 9.47 Å². The lowest BCUT2D eigenvalue weighted by Gasteiger charge is -2.13. The first-order valence-corrected chi connectivity index (χ1v) is 10.4. The Bertz CT molecular complexity index is 909. The predicted octanol–water partition coefficient (Wildman–Crippen LogP) is 3.28. The summed E-state index contributed by atoms with van der Waals surface area (Å²) in [5.74, 6) is 1.26. The van der Waals surface area contributed by atoms with E-state index in [0.717, 1.165) is 6.42 Å². The SMILES string of the molecule is CNS(=O)(=O)c1ccc(NC(=O)c2ccc(OCCC(C)C)c(OC)c2)cc1. The van der Waals surface area contributed by atoms with Gasteiger partial charge in [-0.3, -0.25) is 4.79 Å². The number of ether oxygens (including phenoxy) is 2. The molecule has 0 saturated carbocycles. The van der Waals surface area contributed by atoms with E-state index in [1.807, 2.05) is 0 Å². The normalized spacial score (nSPS) is 11.3. The van der Waals surface area contributed by atoms with Gasteiger partial charge >= 0.3 is 0 Å². The summed E-state index contributed by atoms with van der Waals surface area (Å²) >= 11 is 0. The highest BCUT2D eigenvalue weighted by molar-refractivity contribution is 7.89. The number of carbonyl (C=O) groups excluding carboxylic acids is 1. The molecule has 0 radical (unpaired) electrons. The molecule has 0 saturated heterocycles. The molecule has 0 unspecified atom stereocenters. The molecule has 0 aromatic heterocycles. The molecule has 8 heteroatoms. The number of hydrogen-bond acceptors (Lipinski definition) is 5. The third kappa shape index (κ3) is 5.71. The second-order valence-corrected chi connectivity index (χ2v) is 8.47. The van der Waals surface area contributed by atoms with Crippen molar-refractivity contribution in [2.24, 2.45) is 5.92 Å². The van der Waals surface area contributed by atoms with Gasteiger partial charge in [0.05, 0.1) is 18.6 Å².